The van der Waals surface area contributed by atoms with E-state index < -0.39 is 5.41 Å². The summed E-state index contributed by atoms with van der Waals surface area (Å²) in [5.74, 6) is 1.56. The highest BCUT2D eigenvalue weighted by Gasteiger charge is 2.26. The molecule has 0 aliphatic heterocycles. The number of pyridine rings is 2. The van der Waals surface area contributed by atoms with Gasteiger partial charge in [-0.3, -0.25) is 14.2 Å². The van der Waals surface area contributed by atoms with Crippen molar-refractivity contribution in [1.29, 1.82) is 0 Å². The van der Waals surface area contributed by atoms with Crippen LogP contribution in [0.25, 0.3) is 5.69 Å². The molecule has 3 heterocycles. The maximum absolute atomic E-state index is 12.7. The van der Waals surface area contributed by atoms with E-state index in [0.29, 0.717) is 30.1 Å². The summed E-state index contributed by atoms with van der Waals surface area (Å²) in [7, 11) is 0. The van der Waals surface area contributed by atoms with Crippen LogP contribution in [0, 0.1) is 5.41 Å². The van der Waals surface area contributed by atoms with Crippen LogP contribution in [-0.4, -0.2) is 43.6 Å². The van der Waals surface area contributed by atoms with Gasteiger partial charge >= 0.3 is 0 Å². The van der Waals surface area contributed by atoms with Gasteiger partial charge in [0.2, 0.25) is 5.95 Å². The van der Waals surface area contributed by atoms with Crippen molar-refractivity contribution in [1.82, 2.24) is 19.5 Å². The molecule has 0 saturated heterocycles. The quantitative estimate of drug-likeness (QED) is 0.425. The topological polar surface area (TPSA) is 102 Å². The van der Waals surface area contributed by atoms with Crippen molar-refractivity contribution in [2.24, 2.45) is 5.41 Å². The minimum Gasteiger partial charge on any atom is -0.367 e. The van der Waals surface area contributed by atoms with Gasteiger partial charge in [0.1, 0.15) is 11.6 Å². The molecule has 3 aromatic heterocycles. The lowest BCUT2D eigenvalue weighted by molar-refractivity contribution is -0.124. The summed E-state index contributed by atoms with van der Waals surface area (Å²) >= 11 is 1.63. The first-order valence-corrected chi connectivity index (χ1v) is 13.0. The van der Waals surface area contributed by atoms with E-state index >= 15 is 0 Å². The van der Waals surface area contributed by atoms with Gasteiger partial charge in [0, 0.05) is 47.1 Å². The van der Waals surface area contributed by atoms with Crippen LogP contribution in [0.15, 0.2) is 58.7 Å². The molecule has 3 aromatic rings. The number of nitrogens with one attached hydrogen (secondary N) is 2. The van der Waals surface area contributed by atoms with Gasteiger partial charge in [-0.05, 0) is 62.6 Å². The summed E-state index contributed by atoms with van der Waals surface area (Å²) in [6.45, 7) is 5.38. The smallest absolute Gasteiger partial charge is 0.255 e. The van der Waals surface area contributed by atoms with Gasteiger partial charge in [-0.15, -0.1) is 11.8 Å². The van der Waals surface area contributed by atoms with E-state index in [2.05, 4.69) is 25.6 Å². The molecule has 9 heteroatoms. The normalized spacial score (nSPS) is 17.8. The van der Waals surface area contributed by atoms with Gasteiger partial charge in [0.15, 0.2) is 0 Å². The fourth-order valence-electron chi connectivity index (χ4n) is 4.22. The molecule has 0 unspecified atom stereocenters. The average Bonchev–Trinajstić information content (AvgIpc) is 3.26. The minimum atomic E-state index is -0.492. The molecule has 2 N–H and O–H groups in total. The molecule has 184 valence electrons. The summed E-state index contributed by atoms with van der Waals surface area (Å²) in [6, 6.07) is 7.91. The third-order valence-corrected chi connectivity index (χ3v) is 7.27. The third-order valence-electron chi connectivity index (χ3n) is 6.59. The number of anilines is 2. The van der Waals surface area contributed by atoms with Crippen molar-refractivity contribution in [2.45, 2.75) is 63.4 Å². The molecular weight excluding hydrogens is 460 g/mol. The molecule has 0 radical (unpaired) electrons. The van der Waals surface area contributed by atoms with E-state index in [-0.39, 0.29) is 11.3 Å². The van der Waals surface area contributed by atoms with Crippen LogP contribution < -0.4 is 16.2 Å². The Labute approximate surface area is 210 Å². The first-order chi connectivity index (χ1) is 16.7. The first-order valence-electron chi connectivity index (χ1n) is 11.8. The van der Waals surface area contributed by atoms with E-state index in [1.807, 2.05) is 50.7 Å². The Balaban J connectivity index is 1.34. The summed E-state index contributed by atoms with van der Waals surface area (Å²) in [6.07, 6.45) is 12.7. The van der Waals surface area contributed by atoms with E-state index in [9.17, 15) is 9.59 Å². The molecule has 1 fully saturated rings. The summed E-state index contributed by atoms with van der Waals surface area (Å²) in [4.78, 5) is 38.8. The third kappa shape index (κ3) is 6.28. The molecule has 2 atom stereocenters. The molecule has 1 aliphatic carbocycles. The Kier molecular flexibility index (Phi) is 7.54. The van der Waals surface area contributed by atoms with Gasteiger partial charge in [-0.2, -0.15) is 0 Å². The Hall–Kier alpha value is -3.20. The zero-order chi connectivity index (χ0) is 25.0. The summed E-state index contributed by atoms with van der Waals surface area (Å²) in [5, 5.41) is 6.92. The van der Waals surface area contributed by atoms with Gasteiger partial charge < -0.3 is 10.6 Å². The van der Waals surface area contributed by atoms with E-state index in [1.54, 1.807) is 41.7 Å². The largest absolute Gasteiger partial charge is 0.367 e. The van der Waals surface area contributed by atoms with Crippen LogP contribution in [0.1, 0.15) is 45.6 Å². The number of aromatic nitrogens is 4. The van der Waals surface area contributed by atoms with Crippen molar-refractivity contribution in [3.8, 4) is 5.69 Å². The molecule has 4 rings (SSSR count). The number of nitrogens with zero attached hydrogens (tertiary/aromatic N) is 4. The van der Waals surface area contributed by atoms with Gasteiger partial charge in [0.25, 0.3) is 5.56 Å². The molecule has 0 amide bonds. The molecular formula is C26H32N6O2S. The number of carbonyl (C=O) groups is 1. The number of ketones is 1. The van der Waals surface area contributed by atoms with E-state index in [4.69, 9.17) is 0 Å². The van der Waals surface area contributed by atoms with Crippen LogP contribution in [-0.2, 0) is 11.2 Å². The highest BCUT2D eigenvalue weighted by Crippen LogP contribution is 2.25. The predicted octanol–water partition coefficient (Wildman–Crippen LogP) is 4.35. The fraction of sp³-hybridized carbons (Fsp3) is 0.423. The predicted molar refractivity (Wildman–Crippen MR) is 140 cm³/mol. The van der Waals surface area contributed by atoms with Gasteiger partial charge in [-0.1, -0.05) is 13.8 Å². The Bertz CT molecular complexity index is 1220. The van der Waals surface area contributed by atoms with Crippen molar-refractivity contribution in [3.05, 3.63) is 65.0 Å². The standard InChI is InChI=1S/C26H32N6O2S/c1-17(33)26(2,3)13-18-9-10-32(24(34)11-18)21-7-8-23(27-14-21)30-19-5-6-20(12-19)31-25-28-15-22(35-4)16-29-25/h7-11,14-16,19-20H,5-6,12-13H2,1-4H3,(H,27,30)(H,28,29,31)/t19-,20-/m0/s1. The van der Waals surface area contributed by atoms with Crippen molar-refractivity contribution in [2.75, 3.05) is 16.9 Å². The number of hydrogen-bond acceptors (Lipinski definition) is 8. The number of rotatable bonds is 9. The van der Waals surface area contributed by atoms with Crippen LogP contribution in [0.5, 0.6) is 0 Å². The van der Waals surface area contributed by atoms with Crippen LogP contribution >= 0.6 is 11.8 Å². The van der Waals surface area contributed by atoms with E-state index in [0.717, 1.165) is 35.5 Å². The second kappa shape index (κ2) is 10.6. The van der Waals surface area contributed by atoms with Crippen molar-refractivity contribution < 1.29 is 4.79 Å². The molecule has 1 aliphatic rings. The molecule has 35 heavy (non-hydrogen) atoms. The molecule has 8 nitrogen and oxygen atoms in total. The number of hydrogen-bond donors (Lipinski definition) is 2. The number of carbonyl (C=O) groups excluding carboxylic acids is 1. The van der Waals surface area contributed by atoms with Gasteiger partial charge in [-0.25, -0.2) is 15.0 Å². The Morgan fingerprint density at radius 1 is 1.09 bits per heavy atom. The lowest BCUT2D eigenvalue weighted by atomic mass is 9.82. The zero-order valence-corrected chi connectivity index (χ0v) is 21.4. The summed E-state index contributed by atoms with van der Waals surface area (Å²) in [5.41, 5.74) is 0.929. The van der Waals surface area contributed by atoms with Crippen molar-refractivity contribution in [3.63, 3.8) is 0 Å². The highest BCUT2D eigenvalue weighted by atomic mass is 32.2. The van der Waals surface area contributed by atoms with Crippen molar-refractivity contribution >= 4 is 29.3 Å². The number of Topliss-reactive ketones (excluding diaryl/α,β-unsaturated/α-hetero) is 1. The monoisotopic (exact) mass is 492 g/mol. The molecule has 0 bridgehead atoms. The SMILES string of the molecule is CSc1cnc(N[C@H]2CC[C@H](Nc3ccc(-n4ccc(CC(C)(C)C(C)=O)cc4=O)cn3)C2)nc1. The minimum absolute atomic E-state index is 0.108. The Morgan fingerprint density at radius 2 is 1.80 bits per heavy atom. The van der Waals surface area contributed by atoms with Crippen LogP contribution in [0.4, 0.5) is 11.8 Å². The average molecular weight is 493 g/mol. The maximum Gasteiger partial charge on any atom is 0.255 e. The lowest BCUT2D eigenvalue weighted by Crippen LogP contribution is -2.26. The first kappa shape index (κ1) is 24.9. The molecule has 0 spiro atoms. The van der Waals surface area contributed by atoms with Crippen LogP contribution in [0.2, 0.25) is 0 Å². The Morgan fingerprint density at radius 3 is 2.40 bits per heavy atom. The highest BCUT2D eigenvalue weighted by molar-refractivity contribution is 7.98. The lowest BCUT2D eigenvalue weighted by Gasteiger charge is -2.21. The van der Waals surface area contributed by atoms with Crippen LogP contribution in [0.3, 0.4) is 0 Å². The maximum atomic E-state index is 12.7. The molecule has 0 aromatic carbocycles. The number of thioether (sulfide) groups is 1. The van der Waals surface area contributed by atoms with Gasteiger partial charge in [0.05, 0.1) is 11.9 Å². The zero-order valence-electron chi connectivity index (χ0n) is 20.6. The molecule has 1 saturated carbocycles. The van der Waals surface area contributed by atoms with E-state index in [1.165, 1.54) is 0 Å². The fourth-order valence-corrected chi connectivity index (χ4v) is 4.54. The summed E-state index contributed by atoms with van der Waals surface area (Å²) < 4.78 is 1.57. The second-order valence-corrected chi connectivity index (χ2v) is 10.6. The second-order valence-electron chi connectivity index (χ2n) is 9.70.